The average molecular weight is 312 g/mol. The van der Waals surface area contributed by atoms with E-state index in [0.29, 0.717) is 18.8 Å². The maximum absolute atomic E-state index is 11.3. The summed E-state index contributed by atoms with van der Waals surface area (Å²) in [4.78, 5) is 2.19. The van der Waals surface area contributed by atoms with E-state index in [-0.39, 0.29) is 6.04 Å². The van der Waals surface area contributed by atoms with Crippen molar-refractivity contribution in [1.29, 1.82) is 0 Å². The van der Waals surface area contributed by atoms with E-state index in [1.165, 1.54) is 6.26 Å². The molecule has 2 N–H and O–H groups in total. The van der Waals surface area contributed by atoms with Crippen LogP contribution in [-0.4, -0.2) is 43.8 Å². The van der Waals surface area contributed by atoms with Crippen LogP contribution in [0.5, 0.6) is 5.75 Å². The summed E-state index contributed by atoms with van der Waals surface area (Å²) < 4.78 is 25.3. The maximum Gasteiger partial charge on any atom is 0.208 e. The Hall–Kier alpha value is -1.11. The van der Waals surface area contributed by atoms with Crippen molar-refractivity contribution in [3.05, 3.63) is 28.8 Å². The molecule has 1 unspecified atom stereocenters. The lowest BCUT2D eigenvalue weighted by atomic mass is 10.0. The fourth-order valence-corrected chi connectivity index (χ4v) is 3.62. The molecular formula is C15H24N2O3S. The highest BCUT2D eigenvalue weighted by molar-refractivity contribution is 7.88. The second kappa shape index (κ2) is 6.34. The predicted octanol–water partition coefficient (Wildman–Crippen LogP) is 1.52. The van der Waals surface area contributed by atoms with Crippen LogP contribution in [0.2, 0.25) is 0 Å². The first-order valence-electron chi connectivity index (χ1n) is 7.23. The van der Waals surface area contributed by atoms with Gasteiger partial charge in [0, 0.05) is 24.7 Å². The van der Waals surface area contributed by atoms with Crippen molar-refractivity contribution < 1.29 is 13.5 Å². The van der Waals surface area contributed by atoms with Crippen molar-refractivity contribution in [2.45, 2.75) is 39.3 Å². The molecule has 0 saturated carbocycles. The van der Waals surface area contributed by atoms with E-state index in [0.717, 1.165) is 36.1 Å². The van der Waals surface area contributed by atoms with Crippen molar-refractivity contribution in [1.82, 2.24) is 9.62 Å². The summed E-state index contributed by atoms with van der Waals surface area (Å²) in [5.74, 6) is 0.316. The number of benzene rings is 1. The highest BCUT2D eigenvalue weighted by Crippen LogP contribution is 2.24. The lowest BCUT2D eigenvalue weighted by molar-refractivity contribution is 0.193. The number of hydrogen-bond acceptors (Lipinski definition) is 4. The Morgan fingerprint density at radius 3 is 2.67 bits per heavy atom. The molecule has 5 nitrogen and oxygen atoms in total. The molecule has 0 spiro atoms. The van der Waals surface area contributed by atoms with E-state index in [9.17, 15) is 13.5 Å². The molecule has 6 heteroatoms. The summed E-state index contributed by atoms with van der Waals surface area (Å²) in [5.41, 5.74) is 3.13. The molecule has 1 aliphatic rings. The van der Waals surface area contributed by atoms with Gasteiger partial charge in [0.15, 0.2) is 0 Å². The van der Waals surface area contributed by atoms with Gasteiger partial charge in [-0.1, -0.05) is 6.07 Å². The molecule has 1 fully saturated rings. The number of aromatic hydroxyl groups is 1. The van der Waals surface area contributed by atoms with Gasteiger partial charge in [-0.15, -0.1) is 0 Å². The largest absolute Gasteiger partial charge is 0.508 e. The molecule has 1 saturated heterocycles. The summed E-state index contributed by atoms with van der Waals surface area (Å²) in [5, 5.41) is 10.1. The second-order valence-corrected chi connectivity index (χ2v) is 7.81. The number of hydrogen-bond donors (Lipinski definition) is 2. The smallest absolute Gasteiger partial charge is 0.208 e. The zero-order valence-corrected chi connectivity index (χ0v) is 13.7. The molecule has 1 aromatic rings. The number of likely N-dealkylation sites (tertiary alicyclic amines) is 1. The molecule has 0 radical (unpaired) electrons. The number of phenols is 1. The number of phenolic OH excluding ortho intramolecular Hbond substituents is 1. The first-order chi connectivity index (χ1) is 9.74. The Labute approximate surface area is 127 Å². The van der Waals surface area contributed by atoms with Gasteiger partial charge in [0.2, 0.25) is 10.0 Å². The first kappa shape index (κ1) is 16.3. The van der Waals surface area contributed by atoms with Gasteiger partial charge in [-0.2, -0.15) is 0 Å². The quantitative estimate of drug-likeness (QED) is 0.884. The molecule has 1 aliphatic heterocycles. The summed E-state index contributed by atoms with van der Waals surface area (Å²) in [6.45, 7) is 6.26. The number of rotatable bonds is 4. The summed E-state index contributed by atoms with van der Waals surface area (Å²) in [6, 6.07) is 3.77. The molecule has 1 atom stereocenters. The minimum atomic E-state index is -3.17. The standard InChI is InChI=1S/C15H24N2O3S/c1-11-7-13(15(18)8-12(11)2)9-17-6-4-5-14(10-17)16-21(3,19)20/h7-8,14,16,18H,4-6,9-10H2,1-3H3. The van der Waals surface area contributed by atoms with Crippen molar-refractivity contribution in [2.24, 2.45) is 0 Å². The van der Waals surface area contributed by atoms with Crippen molar-refractivity contribution in [3.63, 3.8) is 0 Å². The molecule has 118 valence electrons. The molecule has 2 rings (SSSR count). The van der Waals surface area contributed by atoms with E-state index in [2.05, 4.69) is 9.62 Å². The molecule has 0 amide bonds. The van der Waals surface area contributed by atoms with E-state index in [4.69, 9.17) is 0 Å². The Balaban J connectivity index is 2.04. The molecule has 0 bridgehead atoms. The van der Waals surface area contributed by atoms with Crippen molar-refractivity contribution in [2.75, 3.05) is 19.3 Å². The van der Waals surface area contributed by atoms with Crippen molar-refractivity contribution >= 4 is 10.0 Å². The van der Waals surface area contributed by atoms with Gasteiger partial charge < -0.3 is 5.11 Å². The van der Waals surface area contributed by atoms with Gasteiger partial charge in [-0.05, 0) is 50.4 Å². The molecule has 21 heavy (non-hydrogen) atoms. The predicted molar refractivity (Wildman–Crippen MR) is 83.9 cm³/mol. The number of nitrogens with one attached hydrogen (secondary N) is 1. The van der Waals surface area contributed by atoms with Crippen LogP contribution in [0.25, 0.3) is 0 Å². The van der Waals surface area contributed by atoms with E-state index >= 15 is 0 Å². The third-order valence-corrected chi connectivity index (χ3v) is 4.74. The van der Waals surface area contributed by atoms with Crippen LogP contribution in [0.15, 0.2) is 12.1 Å². The normalized spacial score (nSPS) is 20.6. The number of aryl methyl sites for hydroxylation is 2. The van der Waals surface area contributed by atoms with Gasteiger partial charge in [-0.25, -0.2) is 13.1 Å². The summed E-state index contributed by atoms with van der Waals surface area (Å²) in [7, 11) is -3.17. The van der Waals surface area contributed by atoms with Gasteiger partial charge in [0.1, 0.15) is 5.75 Å². The van der Waals surface area contributed by atoms with Gasteiger partial charge in [0.25, 0.3) is 0 Å². The maximum atomic E-state index is 11.3. The van der Waals surface area contributed by atoms with Crippen LogP contribution >= 0.6 is 0 Å². The van der Waals surface area contributed by atoms with Crippen LogP contribution in [-0.2, 0) is 16.6 Å². The minimum absolute atomic E-state index is 0.0394. The van der Waals surface area contributed by atoms with Crippen LogP contribution in [0.4, 0.5) is 0 Å². The van der Waals surface area contributed by atoms with Crippen molar-refractivity contribution in [3.8, 4) is 5.75 Å². The van der Waals surface area contributed by atoms with E-state index in [1.807, 2.05) is 19.9 Å². The average Bonchev–Trinajstić information content (AvgIpc) is 2.34. The second-order valence-electron chi connectivity index (χ2n) is 6.03. The summed E-state index contributed by atoms with van der Waals surface area (Å²) in [6.07, 6.45) is 3.02. The molecule has 1 aromatic carbocycles. The Morgan fingerprint density at radius 2 is 2.00 bits per heavy atom. The van der Waals surface area contributed by atoms with Crippen LogP contribution in [0, 0.1) is 13.8 Å². The molecule has 0 aliphatic carbocycles. The highest BCUT2D eigenvalue weighted by Gasteiger charge is 2.23. The Morgan fingerprint density at radius 1 is 1.33 bits per heavy atom. The Bertz CT molecular complexity index is 614. The molecule has 1 heterocycles. The highest BCUT2D eigenvalue weighted by atomic mass is 32.2. The van der Waals surface area contributed by atoms with E-state index in [1.54, 1.807) is 6.07 Å². The monoisotopic (exact) mass is 312 g/mol. The van der Waals surface area contributed by atoms with Crippen LogP contribution in [0.1, 0.15) is 29.5 Å². The Kier molecular flexibility index (Phi) is 4.91. The zero-order chi connectivity index (χ0) is 15.6. The number of nitrogens with zero attached hydrogens (tertiary/aromatic N) is 1. The first-order valence-corrected chi connectivity index (χ1v) is 9.12. The van der Waals surface area contributed by atoms with Gasteiger partial charge in [-0.3, -0.25) is 4.90 Å². The minimum Gasteiger partial charge on any atom is -0.508 e. The van der Waals surface area contributed by atoms with Gasteiger partial charge >= 0.3 is 0 Å². The number of sulfonamides is 1. The fraction of sp³-hybridized carbons (Fsp3) is 0.600. The molecular weight excluding hydrogens is 288 g/mol. The topological polar surface area (TPSA) is 69.6 Å². The number of piperidine rings is 1. The lowest BCUT2D eigenvalue weighted by Crippen LogP contribution is -2.46. The third-order valence-electron chi connectivity index (χ3n) is 3.98. The summed E-state index contributed by atoms with van der Waals surface area (Å²) >= 11 is 0. The van der Waals surface area contributed by atoms with Crippen LogP contribution in [0.3, 0.4) is 0 Å². The zero-order valence-electron chi connectivity index (χ0n) is 12.9. The third kappa shape index (κ3) is 4.69. The fourth-order valence-electron chi connectivity index (χ4n) is 2.83. The SMILES string of the molecule is Cc1cc(O)c(CN2CCCC(NS(C)(=O)=O)C2)cc1C. The van der Waals surface area contributed by atoms with E-state index < -0.39 is 10.0 Å². The van der Waals surface area contributed by atoms with Gasteiger partial charge in [0.05, 0.1) is 6.26 Å². The molecule has 0 aromatic heterocycles. The van der Waals surface area contributed by atoms with Crippen LogP contribution < -0.4 is 4.72 Å². The lowest BCUT2D eigenvalue weighted by Gasteiger charge is -2.33.